The molecule has 0 saturated carbocycles. The van der Waals surface area contributed by atoms with Crippen molar-refractivity contribution in [3.05, 3.63) is 57.6 Å². The first-order valence-electron chi connectivity index (χ1n) is 5.54. The van der Waals surface area contributed by atoms with Crippen LogP contribution in [0.25, 0.3) is 11.1 Å². The smallest absolute Gasteiger partial charge is 0.166 e. The molecule has 0 amide bonds. The largest absolute Gasteiger partial charge is 0.416 e. The van der Waals surface area contributed by atoms with Crippen LogP contribution in [0, 0.1) is 0 Å². The summed E-state index contributed by atoms with van der Waals surface area (Å²) in [6, 6.07) is 8.02. The lowest BCUT2D eigenvalue weighted by Gasteiger charge is -2.14. The van der Waals surface area contributed by atoms with Crippen molar-refractivity contribution in [2.45, 2.75) is 12.1 Å². The predicted octanol–water partition coefficient (Wildman–Crippen LogP) is 6.42. The van der Waals surface area contributed by atoms with Crippen molar-refractivity contribution >= 4 is 34.8 Å². The lowest BCUT2D eigenvalue weighted by molar-refractivity contribution is -0.137. The summed E-state index contributed by atoms with van der Waals surface area (Å²) in [5, 5.41) is 0.711. The van der Waals surface area contributed by atoms with Crippen LogP contribution in [0.3, 0.4) is 0 Å². The van der Waals surface area contributed by atoms with Gasteiger partial charge in [0, 0.05) is 21.5 Å². The van der Waals surface area contributed by atoms with E-state index < -0.39 is 11.7 Å². The zero-order chi connectivity index (χ0) is 14.9. The maximum absolute atomic E-state index is 12.8. The highest BCUT2D eigenvalue weighted by atomic mass is 35.5. The Morgan fingerprint density at radius 1 is 0.900 bits per heavy atom. The minimum absolute atomic E-state index is 0.0797. The van der Waals surface area contributed by atoms with E-state index in [0.29, 0.717) is 26.7 Å². The van der Waals surface area contributed by atoms with Crippen molar-refractivity contribution in [3.8, 4) is 11.1 Å². The molecule has 0 aliphatic heterocycles. The van der Waals surface area contributed by atoms with Gasteiger partial charge in [0.2, 0.25) is 0 Å². The zero-order valence-electron chi connectivity index (χ0n) is 9.94. The summed E-state index contributed by atoms with van der Waals surface area (Å²) >= 11 is 17.7. The fourth-order valence-electron chi connectivity index (χ4n) is 1.82. The minimum Gasteiger partial charge on any atom is -0.166 e. The first-order valence-corrected chi connectivity index (χ1v) is 6.83. The molecule has 0 unspecified atom stereocenters. The van der Waals surface area contributed by atoms with Gasteiger partial charge in [0.15, 0.2) is 0 Å². The topological polar surface area (TPSA) is 0 Å². The number of benzene rings is 2. The van der Waals surface area contributed by atoms with Crippen molar-refractivity contribution in [2.75, 3.05) is 0 Å². The van der Waals surface area contributed by atoms with E-state index in [0.717, 1.165) is 12.1 Å². The summed E-state index contributed by atoms with van der Waals surface area (Å²) in [4.78, 5) is 0. The lowest BCUT2D eigenvalue weighted by atomic mass is 9.98. The van der Waals surface area contributed by atoms with Crippen LogP contribution < -0.4 is 0 Å². The third-order valence-corrected chi connectivity index (χ3v) is 3.65. The van der Waals surface area contributed by atoms with Crippen molar-refractivity contribution in [2.24, 2.45) is 0 Å². The third kappa shape index (κ3) is 3.22. The van der Waals surface area contributed by atoms with E-state index in [1.54, 1.807) is 6.07 Å². The molecule has 0 saturated heterocycles. The standard InChI is InChI=1S/C14H8Cl3F3/c15-7-8-1-2-9(14(18,19)20)5-11(8)12-6-10(16)3-4-13(12)17/h1-6H,7H2. The first kappa shape index (κ1) is 15.5. The second-order valence-electron chi connectivity index (χ2n) is 4.13. The molecule has 0 radical (unpaired) electrons. The molecular formula is C14H8Cl3F3. The van der Waals surface area contributed by atoms with Crippen molar-refractivity contribution < 1.29 is 13.2 Å². The van der Waals surface area contributed by atoms with E-state index in [-0.39, 0.29) is 5.88 Å². The van der Waals surface area contributed by atoms with Crippen LogP contribution in [0.15, 0.2) is 36.4 Å². The van der Waals surface area contributed by atoms with Gasteiger partial charge >= 0.3 is 6.18 Å². The molecule has 0 aliphatic rings. The van der Waals surface area contributed by atoms with E-state index in [4.69, 9.17) is 34.8 Å². The van der Waals surface area contributed by atoms with Crippen LogP contribution in [0.1, 0.15) is 11.1 Å². The quantitative estimate of drug-likeness (QED) is 0.554. The molecular weight excluding hydrogens is 332 g/mol. The Labute approximate surface area is 129 Å². The molecule has 0 aliphatic carbocycles. The number of alkyl halides is 4. The highest BCUT2D eigenvalue weighted by Gasteiger charge is 2.31. The molecule has 2 rings (SSSR count). The molecule has 0 aromatic heterocycles. The normalized spacial score (nSPS) is 11.7. The monoisotopic (exact) mass is 338 g/mol. The highest BCUT2D eigenvalue weighted by molar-refractivity contribution is 6.35. The number of hydrogen-bond donors (Lipinski definition) is 0. The molecule has 0 heterocycles. The SMILES string of the molecule is FC(F)(F)c1ccc(CCl)c(-c2cc(Cl)ccc2Cl)c1. The average molecular weight is 340 g/mol. The molecule has 0 atom stereocenters. The molecule has 20 heavy (non-hydrogen) atoms. The Balaban J connectivity index is 2.67. The molecule has 0 bridgehead atoms. The van der Waals surface area contributed by atoms with Crippen LogP contribution in [0.2, 0.25) is 10.0 Å². The fourth-order valence-corrected chi connectivity index (χ4v) is 2.45. The summed E-state index contributed by atoms with van der Waals surface area (Å²) in [5.74, 6) is 0.0797. The van der Waals surface area contributed by atoms with Crippen molar-refractivity contribution in [1.82, 2.24) is 0 Å². The number of hydrogen-bond acceptors (Lipinski definition) is 0. The Hall–Kier alpha value is -0.900. The average Bonchev–Trinajstić information content (AvgIpc) is 2.40. The molecule has 2 aromatic rings. The third-order valence-electron chi connectivity index (χ3n) is 2.80. The summed E-state index contributed by atoms with van der Waals surface area (Å²) in [6.07, 6.45) is -4.43. The van der Waals surface area contributed by atoms with Crippen LogP contribution in [-0.4, -0.2) is 0 Å². The molecule has 0 fully saturated rings. The fraction of sp³-hybridized carbons (Fsp3) is 0.143. The van der Waals surface area contributed by atoms with Crippen molar-refractivity contribution in [1.29, 1.82) is 0 Å². The Morgan fingerprint density at radius 3 is 2.20 bits per heavy atom. The molecule has 6 heteroatoms. The van der Waals surface area contributed by atoms with E-state index in [1.165, 1.54) is 18.2 Å². The zero-order valence-corrected chi connectivity index (χ0v) is 12.2. The van der Waals surface area contributed by atoms with Crippen molar-refractivity contribution in [3.63, 3.8) is 0 Å². The van der Waals surface area contributed by atoms with E-state index in [2.05, 4.69) is 0 Å². The van der Waals surface area contributed by atoms with Gasteiger partial charge in [-0.3, -0.25) is 0 Å². The summed E-state index contributed by atoms with van der Waals surface area (Å²) < 4.78 is 38.4. The number of halogens is 6. The summed E-state index contributed by atoms with van der Waals surface area (Å²) in [7, 11) is 0. The molecule has 0 nitrogen and oxygen atoms in total. The van der Waals surface area contributed by atoms with E-state index in [1.807, 2.05) is 0 Å². The predicted molar refractivity (Wildman–Crippen MR) is 76.5 cm³/mol. The van der Waals surface area contributed by atoms with Gasteiger partial charge in [-0.15, -0.1) is 11.6 Å². The van der Waals surface area contributed by atoms with Gasteiger partial charge in [-0.05, 0) is 41.5 Å². The van der Waals surface area contributed by atoms with Gasteiger partial charge in [-0.25, -0.2) is 0 Å². The van der Waals surface area contributed by atoms with E-state index >= 15 is 0 Å². The summed E-state index contributed by atoms with van der Waals surface area (Å²) in [6.45, 7) is 0. The van der Waals surface area contributed by atoms with Gasteiger partial charge in [0.1, 0.15) is 0 Å². The summed E-state index contributed by atoms with van der Waals surface area (Å²) in [5.41, 5.74) is 0.574. The van der Waals surface area contributed by atoms with Crippen LogP contribution in [-0.2, 0) is 12.1 Å². The van der Waals surface area contributed by atoms with E-state index in [9.17, 15) is 13.2 Å². The number of rotatable bonds is 2. The molecule has 0 N–H and O–H groups in total. The lowest BCUT2D eigenvalue weighted by Crippen LogP contribution is -2.05. The first-order chi connectivity index (χ1) is 9.32. The van der Waals surface area contributed by atoms with Gasteiger partial charge in [0.05, 0.1) is 5.56 Å². The van der Waals surface area contributed by atoms with Gasteiger partial charge in [0.25, 0.3) is 0 Å². The Bertz CT molecular complexity index is 636. The minimum atomic E-state index is -4.43. The van der Waals surface area contributed by atoms with Gasteiger partial charge in [-0.2, -0.15) is 13.2 Å². The Kier molecular flexibility index (Phi) is 4.52. The second kappa shape index (κ2) is 5.84. The molecule has 106 valence electrons. The molecule has 2 aromatic carbocycles. The second-order valence-corrected chi connectivity index (χ2v) is 5.24. The maximum Gasteiger partial charge on any atom is 0.416 e. The highest BCUT2D eigenvalue weighted by Crippen LogP contribution is 2.38. The van der Waals surface area contributed by atoms with Crippen LogP contribution in [0.4, 0.5) is 13.2 Å². The van der Waals surface area contributed by atoms with Crippen LogP contribution >= 0.6 is 34.8 Å². The maximum atomic E-state index is 12.8. The van der Waals surface area contributed by atoms with Crippen LogP contribution in [0.5, 0.6) is 0 Å². The van der Waals surface area contributed by atoms with Gasteiger partial charge in [-0.1, -0.05) is 29.3 Å². The van der Waals surface area contributed by atoms with Gasteiger partial charge < -0.3 is 0 Å². The Morgan fingerprint density at radius 2 is 1.60 bits per heavy atom. The molecule has 0 spiro atoms.